The maximum Gasteiger partial charge on any atom is 0.344 e. The number of halogens is 1. The molecule has 0 aliphatic rings. The molecule has 134 valence electrons. The van der Waals surface area contributed by atoms with Gasteiger partial charge in [-0.15, -0.1) is 0 Å². The van der Waals surface area contributed by atoms with E-state index in [1.54, 1.807) is 32.0 Å². The van der Waals surface area contributed by atoms with Gasteiger partial charge in [0.1, 0.15) is 5.75 Å². The molecule has 0 saturated heterocycles. The first-order valence-corrected chi connectivity index (χ1v) is 9.35. The number of hydrogen-bond acceptors (Lipinski definition) is 5. The van der Waals surface area contributed by atoms with Crippen molar-refractivity contribution in [3.05, 3.63) is 53.1 Å². The van der Waals surface area contributed by atoms with E-state index in [0.29, 0.717) is 16.5 Å². The summed E-state index contributed by atoms with van der Waals surface area (Å²) in [4.78, 5) is 11.3. The topological polar surface area (TPSA) is 81.7 Å². The van der Waals surface area contributed by atoms with Crippen LogP contribution in [-0.2, 0) is 19.6 Å². The normalized spacial score (nSPS) is 11.0. The fourth-order valence-corrected chi connectivity index (χ4v) is 3.26. The molecule has 2 rings (SSSR count). The van der Waals surface area contributed by atoms with Crippen LogP contribution in [0.4, 0.5) is 5.69 Å². The summed E-state index contributed by atoms with van der Waals surface area (Å²) in [6.07, 6.45) is 0. The first kappa shape index (κ1) is 19.1. The van der Waals surface area contributed by atoms with Gasteiger partial charge in [-0.25, -0.2) is 13.2 Å². The van der Waals surface area contributed by atoms with Crippen molar-refractivity contribution in [1.29, 1.82) is 0 Å². The van der Waals surface area contributed by atoms with E-state index in [1.807, 2.05) is 0 Å². The number of esters is 1. The van der Waals surface area contributed by atoms with Crippen molar-refractivity contribution in [2.75, 3.05) is 17.9 Å². The van der Waals surface area contributed by atoms with E-state index in [4.69, 9.17) is 21.1 Å². The lowest BCUT2D eigenvalue weighted by Gasteiger charge is -2.11. The molecule has 0 bridgehead atoms. The van der Waals surface area contributed by atoms with Crippen LogP contribution >= 0.6 is 11.6 Å². The minimum Gasteiger partial charge on any atom is -0.482 e. The molecule has 0 aliphatic heterocycles. The van der Waals surface area contributed by atoms with Gasteiger partial charge >= 0.3 is 5.97 Å². The molecule has 0 fully saturated rings. The van der Waals surface area contributed by atoms with Crippen molar-refractivity contribution in [2.45, 2.75) is 18.7 Å². The summed E-state index contributed by atoms with van der Waals surface area (Å²) in [6.45, 7) is 3.51. The lowest BCUT2D eigenvalue weighted by Crippen LogP contribution is -2.15. The van der Waals surface area contributed by atoms with Crippen LogP contribution < -0.4 is 9.46 Å². The molecule has 0 spiro atoms. The molecule has 0 amide bonds. The summed E-state index contributed by atoms with van der Waals surface area (Å²) in [5, 5.41) is 0.436. The Kier molecular flexibility index (Phi) is 6.27. The Morgan fingerprint density at radius 2 is 1.84 bits per heavy atom. The highest BCUT2D eigenvalue weighted by molar-refractivity contribution is 7.92. The van der Waals surface area contributed by atoms with Crippen LogP contribution in [0.25, 0.3) is 0 Å². The second-order valence-electron chi connectivity index (χ2n) is 5.13. The van der Waals surface area contributed by atoms with Crippen LogP contribution in [0.3, 0.4) is 0 Å². The molecular weight excluding hydrogens is 366 g/mol. The SMILES string of the molecule is CCOC(=O)COc1ccc(S(=O)(=O)Nc2cc(Cl)ccc2C)cc1. The highest BCUT2D eigenvalue weighted by atomic mass is 35.5. The third-order valence-corrected chi connectivity index (χ3v) is 4.86. The molecule has 0 aromatic heterocycles. The van der Waals surface area contributed by atoms with Crippen molar-refractivity contribution in [3.63, 3.8) is 0 Å². The number of hydrogen-bond donors (Lipinski definition) is 1. The summed E-state index contributed by atoms with van der Waals surface area (Å²) < 4.78 is 37.4. The van der Waals surface area contributed by atoms with Gasteiger partial charge in [-0.3, -0.25) is 4.72 Å². The summed E-state index contributed by atoms with van der Waals surface area (Å²) in [6, 6.07) is 10.7. The molecule has 0 saturated carbocycles. The molecule has 1 N–H and O–H groups in total. The number of nitrogens with one attached hydrogen (secondary N) is 1. The lowest BCUT2D eigenvalue weighted by molar-refractivity contribution is -0.145. The lowest BCUT2D eigenvalue weighted by atomic mass is 10.2. The molecule has 0 atom stereocenters. The van der Waals surface area contributed by atoms with Gasteiger partial charge < -0.3 is 9.47 Å². The number of carbonyl (C=O) groups is 1. The second-order valence-corrected chi connectivity index (χ2v) is 7.25. The molecule has 0 unspecified atom stereocenters. The van der Waals surface area contributed by atoms with Crippen LogP contribution in [0.1, 0.15) is 12.5 Å². The first-order chi connectivity index (χ1) is 11.8. The quantitative estimate of drug-likeness (QED) is 0.741. The van der Waals surface area contributed by atoms with E-state index < -0.39 is 16.0 Å². The van der Waals surface area contributed by atoms with Gasteiger partial charge in [0.05, 0.1) is 17.2 Å². The summed E-state index contributed by atoms with van der Waals surface area (Å²) in [5.74, 6) is -0.122. The number of rotatable bonds is 7. The molecule has 8 heteroatoms. The Bertz CT molecular complexity index is 850. The van der Waals surface area contributed by atoms with Crippen molar-refractivity contribution in [3.8, 4) is 5.75 Å². The maximum absolute atomic E-state index is 12.5. The van der Waals surface area contributed by atoms with E-state index in [2.05, 4.69) is 4.72 Å². The Hall–Kier alpha value is -2.25. The molecule has 6 nitrogen and oxygen atoms in total. The van der Waals surface area contributed by atoms with Crippen molar-refractivity contribution >= 4 is 33.3 Å². The Morgan fingerprint density at radius 3 is 2.48 bits per heavy atom. The Morgan fingerprint density at radius 1 is 1.16 bits per heavy atom. The van der Waals surface area contributed by atoms with Gasteiger partial charge in [0.2, 0.25) is 0 Å². The van der Waals surface area contributed by atoms with Crippen molar-refractivity contribution in [2.24, 2.45) is 0 Å². The average Bonchev–Trinajstić information content (AvgIpc) is 2.57. The average molecular weight is 384 g/mol. The summed E-state index contributed by atoms with van der Waals surface area (Å²) >= 11 is 5.91. The summed E-state index contributed by atoms with van der Waals surface area (Å²) in [7, 11) is -3.77. The zero-order chi connectivity index (χ0) is 18.4. The van der Waals surface area contributed by atoms with E-state index >= 15 is 0 Å². The highest BCUT2D eigenvalue weighted by Crippen LogP contribution is 2.24. The minimum atomic E-state index is -3.77. The fraction of sp³-hybridized carbons (Fsp3) is 0.235. The Labute approximate surface area is 151 Å². The van der Waals surface area contributed by atoms with E-state index in [1.165, 1.54) is 24.3 Å². The summed E-state index contributed by atoms with van der Waals surface area (Å²) in [5.41, 5.74) is 1.16. The molecule has 0 radical (unpaired) electrons. The van der Waals surface area contributed by atoms with Gasteiger partial charge in [-0.05, 0) is 55.8 Å². The van der Waals surface area contributed by atoms with Crippen LogP contribution in [0.5, 0.6) is 5.75 Å². The predicted octanol–water partition coefficient (Wildman–Crippen LogP) is 3.39. The van der Waals surface area contributed by atoms with E-state index in [0.717, 1.165) is 5.56 Å². The second kappa shape index (κ2) is 8.22. The van der Waals surface area contributed by atoms with Crippen LogP contribution in [0.15, 0.2) is 47.4 Å². The number of benzene rings is 2. The third kappa shape index (κ3) is 5.37. The van der Waals surface area contributed by atoms with Gasteiger partial charge in [-0.1, -0.05) is 17.7 Å². The fourth-order valence-electron chi connectivity index (χ4n) is 1.97. The van der Waals surface area contributed by atoms with Gasteiger partial charge in [0, 0.05) is 5.02 Å². The van der Waals surface area contributed by atoms with Gasteiger partial charge in [0.15, 0.2) is 6.61 Å². The zero-order valence-corrected chi connectivity index (χ0v) is 15.4. The van der Waals surface area contributed by atoms with E-state index in [9.17, 15) is 13.2 Å². The minimum absolute atomic E-state index is 0.0651. The van der Waals surface area contributed by atoms with Crippen molar-refractivity contribution in [1.82, 2.24) is 0 Å². The van der Waals surface area contributed by atoms with Crippen LogP contribution in [0.2, 0.25) is 5.02 Å². The molecular formula is C17H18ClNO5S. The standard InChI is InChI=1S/C17H18ClNO5S/c1-3-23-17(20)11-24-14-6-8-15(9-7-14)25(21,22)19-16-10-13(18)5-4-12(16)2/h4-10,19H,3,11H2,1-2H3. The molecule has 0 heterocycles. The highest BCUT2D eigenvalue weighted by Gasteiger charge is 2.16. The number of ether oxygens (including phenoxy) is 2. The maximum atomic E-state index is 12.5. The van der Waals surface area contributed by atoms with Crippen LogP contribution in [-0.4, -0.2) is 27.6 Å². The van der Waals surface area contributed by atoms with E-state index in [-0.39, 0.29) is 18.1 Å². The first-order valence-electron chi connectivity index (χ1n) is 7.49. The molecule has 0 aliphatic carbocycles. The Balaban J connectivity index is 2.09. The van der Waals surface area contributed by atoms with Gasteiger partial charge in [0.25, 0.3) is 10.0 Å². The number of sulfonamides is 1. The smallest absolute Gasteiger partial charge is 0.344 e. The number of aryl methyl sites for hydroxylation is 1. The number of carbonyl (C=O) groups excluding carboxylic acids is 1. The molecule has 25 heavy (non-hydrogen) atoms. The predicted molar refractivity (Wildman–Crippen MR) is 95.6 cm³/mol. The van der Waals surface area contributed by atoms with Gasteiger partial charge in [-0.2, -0.15) is 0 Å². The molecule has 2 aromatic carbocycles. The zero-order valence-electron chi connectivity index (χ0n) is 13.8. The largest absolute Gasteiger partial charge is 0.482 e. The van der Waals surface area contributed by atoms with Crippen LogP contribution in [0, 0.1) is 6.92 Å². The number of anilines is 1. The molecule has 2 aromatic rings. The third-order valence-electron chi connectivity index (χ3n) is 3.24. The van der Waals surface area contributed by atoms with Crippen molar-refractivity contribution < 1.29 is 22.7 Å². The monoisotopic (exact) mass is 383 g/mol.